The van der Waals surface area contributed by atoms with Crippen LogP contribution in [0.1, 0.15) is 0 Å². The van der Waals surface area contributed by atoms with E-state index in [4.69, 9.17) is 4.74 Å². The minimum absolute atomic E-state index is 0.232. The maximum Gasteiger partial charge on any atom is 0.409 e. The Morgan fingerprint density at radius 1 is 1.44 bits per heavy atom. The largest absolute Gasteiger partial charge is 0.450 e. The Hall–Kier alpha value is -2.16. The molecule has 0 aliphatic carbocycles. The zero-order chi connectivity index (χ0) is 18.2. The maximum atomic E-state index is 13.3. The van der Waals surface area contributed by atoms with Gasteiger partial charge in [0.1, 0.15) is 11.9 Å². The number of fused-ring (bicyclic) bond motifs is 3. The molecule has 0 saturated carbocycles. The summed E-state index contributed by atoms with van der Waals surface area (Å²) in [6, 6.07) is 1.63. The summed E-state index contributed by atoms with van der Waals surface area (Å²) in [5.41, 5.74) is 0.368. The fraction of sp³-hybridized carbons (Fsp3) is 0.562. The van der Waals surface area contributed by atoms with Gasteiger partial charge in [-0.2, -0.15) is 0 Å². The van der Waals surface area contributed by atoms with Gasteiger partial charge in [0.2, 0.25) is 5.91 Å². The number of anilines is 2. The van der Waals surface area contributed by atoms with Crippen molar-refractivity contribution < 1.29 is 18.7 Å². The first-order valence-corrected chi connectivity index (χ1v) is 12.1. The molecule has 2 aliphatic rings. The third-order valence-electron chi connectivity index (χ3n) is 4.38. The van der Waals surface area contributed by atoms with Crippen molar-refractivity contribution in [2.75, 3.05) is 36.5 Å². The number of nitrogens with one attached hydrogen (secondary N) is 1. The monoisotopic (exact) mass is 366 g/mol. The Morgan fingerprint density at radius 3 is 2.92 bits per heavy atom. The molecule has 7 nitrogen and oxygen atoms in total. The van der Waals surface area contributed by atoms with Crippen LogP contribution in [0.15, 0.2) is 12.3 Å². The maximum absolute atomic E-state index is 13.3. The van der Waals surface area contributed by atoms with Crippen molar-refractivity contribution in [1.29, 1.82) is 0 Å². The third-order valence-corrected chi connectivity index (χ3v) is 6.09. The molecule has 0 bridgehead atoms. The van der Waals surface area contributed by atoms with Gasteiger partial charge in [-0.15, -0.1) is 0 Å². The van der Waals surface area contributed by atoms with Crippen LogP contribution < -0.4 is 10.2 Å². The van der Waals surface area contributed by atoms with Crippen molar-refractivity contribution in [3.8, 4) is 0 Å². The van der Waals surface area contributed by atoms with Crippen LogP contribution in [-0.4, -0.2) is 62.2 Å². The van der Waals surface area contributed by atoms with Crippen LogP contribution in [0.5, 0.6) is 0 Å². The van der Waals surface area contributed by atoms with Crippen LogP contribution >= 0.6 is 0 Å². The van der Waals surface area contributed by atoms with Gasteiger partial charge < -0.3 is 19.9 Å². The number of pyridine rings is 1. The smallest absolute Gasteiger partial charge is 0.409 e. The number of hydrogen-bond acceptors (Lipinski definition) is 5. The van der Waals surface area contributed by atoms with Crippen molar-refractivity contribution in [1.82, 2.24) is 9.88 Å². The molecule has 1 fully saturated rings. The molecule has 2 amide bonds. The molecule has 25 heavy (non-hydrogen) atoms. The lowest BCUT2D eigenvalue weighted by Gasteiger charge is -2.43. The normalized spacial score (nSPS) is 19.8. The van der Waals surface area contributed by atoms with Crippen molar-refractivity contribution in [3.63, 3.8) is 0 Å². The van der Waals surface area contributed by atoms with Crippen LogP contribution in [0.3, 0.4) is 0 Å². The van der Waals surface area contributed by atoms with Gasteiger partial charge in [0.05, 0.1) is 25.0 Å². The molecule has 0 aromatic carbocycles. The van der Waals surface area contributed by atoms with Crippen molar-refractivity contribution >= 4 is 31.6 Å². The van der Waals surface area contributed by atoms with E-state index in [2.05, 4.69) is 29.9 Å². The summed E-state index contributed by atoms with van der Waals surface area (Å²) >= 11 is 0. The van der Waals surface area contributed by atoms with E-state index in [0.29, 0.717) is 31.2 Å². The zero-order valence-electron chi connectivity index (χ0n) is 14.7. The standard InChI is InChI=1S/C16H23FN4O3Si/c1-25(2,3)7-6-24-16(23)20-4-5-21-13(10-20)15(22)19-12-8-11(17)9-18-14(12)21/h8-9,13H,4-7,10H2,1-3H3,(H,19,22)/t13-/m1/s1. The molecular formula is C16H23FN4O3Si. The lowest BCUT2D eigenvalue weighted by Crippen LogP contribution is -2.61. The van der Waals surface area contributed by atoms with Crippen molar-refractivity contribution in [2.45, 2.75) is 31.7 Å². The van der Waals surface area contributed by atoms with Crippen molar-refractivity contribution in [2.24, 2.45) is 0 Å². The fourth-order valence-electron chi connectivity index (χ4n) is 2.93. The van der Waals surface area contributed by atoms with Gasteiger partial charge in [-0.1, -0.05) is 19.6 Å². The highest BCUT2D eigenvalue weighted by Gasteiger charge is 2.40. The Labute approximate surface area is 147 Å². The summed E-state index contributed by atoms with van der Waals surface area (Å²) in [6.45, 7) is 8.20. The van der Waals surface area contributed by atoms with E-state index in [1.54, 1.807) is 4.90 Å². The Kier molecular flexibility index (Phi) is 4.68. The van der Waals surface area contributed by atoms with E-state index in [1.807, 2.05) is 4.90 Å². The third kappa shape index (κ3) is 3.92. The lowest BCUT2D eigenvalue weighted by atomic mass is 10.1. The second-order valence-corrected chi connectivity index (χ2v) is 13.2. The minimum Gasteiger partial charge on any atom is -0.450 e. The number of amides is 2. The number of ether oxygens (including phenoxy) is 1. The number of carbonyl (C=O) groups excluding carboxylic acids is 2. The average molecular weight is 366 g/mol. The van der Waals surface area contributed by atoms with Crippen LogP contribution in [-0.2, 0) is 9.53 Å². The van der Waals surface area contributed by atoms with Crippen LogP contribution in [0.4, 0.5) is 20.7 Å². The van der Waals surface area contributed by atoms with Gasteiger partial charge in [-0.05, 0) is 6.04 Å². The van der Waals surface area contributed by atoms with Crippen LogP contribution in [0.25, 0.3) is 0 Å². The molecule has 1 saturated heterocycles. The SMILES string of the molecule is C[Si](C)(C)CCOC(=O)N1CCN2c3ncc(F)cc3NC(=O)[C@H]2C1. The van der Waals surface area contributed by atoms with E-state index < -0.39 is 19.9 Å². The molecule has 1 aromatic rings. The van der Waals surface area contributed by atoms with Gasteiger partial charge in [0.25, 0.3) is 0 Å². The summed E-state index contributed by atoms with van der Waals surface area (Å²) in [6.07, 6.45) is 0.744. The van der Waals surface area contributed by atoms with Gasteiger partial charge in [0, 0.05) is 27.2 Å². The molecule has 1 N–H and O–H groups in total. The molecule has 9 heteroatoms. The second kappa shape index (κ2) is 6.62. The number of rotatable bonds is 3. The number of piperazine rings is 1. The Bertz CT molecular complexity index is 694. The highest BCUT2D eigenvalue weighted by atomic mass is 28.3. The van der Waals surface area contributed by atoms with E-state index >= 15 is 0 Å². The first-order valence-electron chi connectivity index (χ1n) is 8.39. The zero-order valence-corrected chi connectivity index (χ0v) is 15.7. The fourth-order valence-corrected chi connectivity index (χ4v) is 3.65. The lowest BCUT2D eigenvalue weighted by molar-refractivity contribution is -0.118. The first-order chi connectivity index (χ1) is 11.7. The summed E-state index contributed by atoms with van der Waals surface area (Å²) in [5, 5.41) is 2.67. The summed E-state index contributed by atoms with van der Waals surface area (Å²) in [5.74, 6) is -0.223. The second-order valence-electron chi connectivity index (χ2n) is 7.59. The molecule has 1 atom stereocenters. The van der Waals surface area contributed by atoms with E-state index in [9.17, 15) is 14.0 Å². The molecule has 3 rings (SSSR count). The van der Waals surface area contributed by atoms with E-state index in [0.717, 1.165) is 12.2 Å². The Balaban J connectivity index is 1.65. The average Bonchev–Trinajstić information content (AvgIpc) is 2.53. The van der Waals surface area contributed by atoms with Gasteiger partial charge in [0.15, 0.2) is 5.82 Å². The highest BCUT2D eigenvalue weighted by Crippen LogP contribution is 2.32. The molecule has 3 heterocycles. The van der Waals surface area contributed by atoms with Gasteiger partial charge >= 0.3 is 6.09 Å². The van der Waals surface area contributed by atoms with E-state index in [-0.39, 0.29) is 18.5 Å². The number of nitrogens with zero attached hydrogens (tertiary/aromatic N) is 3. The number of aromatic nitrogens is 1. The summed E-state index contributed by atoms with van der Waals surface area (Å²) in [7, 11) is -1.26. The quantitative estimate of drug-likeness (QED) is 0.830. The van der Waals surface area contributed by atoms with Gasteiger partial charge in [-0.25, -0.2) is 14.2 Å². The van der Waals surface area contributed by atoms with Gasteiger partial charge in [-0.3, -0.25) is 4.79 Å². The Morgan fingerprint density at radius 2 is 2.20 bits per heavy atom. The van der Waals surface area contributed by atoms with E-state index in [1.165, 1.54) is 6.07 Å². The van der Waals surface area contributed by atoms with Crippen LogP contribution in [0.2, 0.25) is 25.7 Å². The molecule has 136 valence electrons. The van der Waals surface area contributed by atoms with Crippen LogP contribution in [0, 0.1) is 5.82 Å². The molecule has 0 spiro atoms. The highest BCUT2D eigenvalue weighted by molar-refractivity contribution is 6.76. The topological polar surface area (TPSA) is 74.8 Å². The number of hydrogen-bond donors (Lipinski definition) is 1. The predicted molar refractivity (Wildman–Crippen MR) is 95.0 cm³/mol. The summed E-state index contributed by atoms with van der Waals surface area (Å²) in [4.78, 5) is 32.1. The number of carbonyl (C=O) groups is 2. The number of halogens is 1. The molecule has 2 aliphatic heterocycles. The minimum atomic E-state index is -1.26. The molecule has 1 aromatic heterocycles. The first kappa shape index (κ1) is 17.7. The molecule has 0 unspecified atom stereocenters. The molecular weight excluding hydrogens is 343 g/mol. The van der Waals surface area contributed by atoms with Crippen molar-refractivity contribution in [3.05, 3.63) is 18.1 Å². The molecule has 0 radical (unpaired) electrons. The predicted octanol–water partition coefficient (Wildman–Crippen LogP) is 2.14. The summed E-state index contributed by atoms with van der Waals surface area (Å²) < 4.78 is 18.7.